The minimum absolute atomic E-state index is 0.0781. The third-order valence-corrected chi connectivity index (χ3v) is 2.89. The van der Waals surface area contributed by atoms with Gasteiger partial charge in [-0.3, -0.25) is 4.79 Å². The highest BCUT2D eigenvalue weighted by molar-refractivity contribution is 5.66. The van der Waals surface area contributed by atoms with Crippen LogP contribution in [0.2, 0.25) is 0 Å². The second-order valence-electron chi connectivity index (χ2n) is 4.16. The summed E-state index contributed by atoms with van der Waals surface area (Å²) in [6.45, 7) is 3.35. The molecule has 0 saturated heterocycles. The number of fused-ring (bicyclic) bond motifs is 1. The van der Waals surface area contributed by atoms with Crippen LogP contribution in [0.1, 0.15) is 29.2 Å². The van der Waals surface area contributed by atoms with Crippen molar-refractivity contribution in [2.75, 3.05) is 13.2 Å². The smallest absolute Gasteiger partial charge is 0.303 e. The normalized spacial score (nSPS) is 15.1. The Bertz CT molecular complexity index is 432. The van der Waals surface area contributed by atoms with E-state index in [1.165, 1.54) is 5.56 Å². The maximum atomic E-state index is 10.5. The van der Waals surface area contributed by atoms with Crippen molar-refractivity contribution in [3.05, 3.63) is 22.8 Å². The molecule has 1 N–H and O–H groups in total. The fourth-order valence-electron chi connectivity index (χ4n) is 2.03. The van der Waals surface area contributed by atoms with E-state index < -0.39 is 5.97 Å². The molecule has 1 aliphatic rings. The van der Waals surface area contributed by atoms with E-state index in [1.807, 2.05) is 6.92 Å². The van der Waals surface area contributed by atoms with Gasteiger partial charge in [-0.15, -0.1) is 0 Å². The Balaban J connectivity index is 2.22. The van der Waals surface area contributed by atoms with Gasteiger partial charge in [-0.2, -0.15) is 0 Å². The first-order valence-electron chi connectivity index (χ1n) is 5.81. The van der Waals surface area contributed by atoms with Crippen LogP contribution in [0.15, 0.2) is 0 Å². The molecule has 0 aromatic carbocycles. The quantitative estimate of drug-likeness (QED) is 0.844. The van der Waals surface area contributed by atoms with Gasteiger partial charge in [0, 0.05) is 24.2 Å². The summed E-state index contributed by atoms with van der Waals surface area (Å²) >= 11 is 0. The van der Waals surface area contributed by atoms with Crippen LogP contribution in [-0.2, 0) is 28.8 Å². The van der Waals surface area contributed by atoms with Crippen molar-refractivity contribution in [2.24, 2.45) is 0 Å². The number of aliphatic carboxylic acids is 1. The summed E-state index contributed by atoms with van der Waals surface area (Å²) in [6, 6.07) is 0. The molecular weight excluding hydrogens is 220 g/mol. The average molecular weight is 236 g/mol. The third kappa shape index (κ3) is 3.00. The highest BCUT2D eigenvalue weighted by Crippen LogP contribution is 2.16. The monoisotopic (exact) mass is 236 g/mol. The fraction of sp³-hybridized carbons (Fsp3) is 0.583. The Hall–Kier alpha value is -1.49. The number of ether oxygens (including phenoxy) is 1. The lowest BCUT2D eigenvalue weighted by Crippen LogP contribution is -2.09. The zero-order valence-electron chi connectivity index (χ0n) is 9.90. The van der Waals surface area contributed by atoms with E-state index in [4.69, 9.17) is 9.84 Å². The summed E-state index contributed by atoms with van der Waals surface area (Å²) in [5.41, 5.74) is 3.15. The molecule has 2 rings (SSSR count). The summed E-state index contributed by atoms with van der Waals surface area (Å²) in [5.74, 6) is -0.185. The number of carboxylic acids is 1. The van der Waals surface area contributed by atoms with E-state index in [-0.39, 0.29) is 6.42 Å². The van der Waals surface area contributed by atoms with Crippen molar-refractivity contribution in [3.8, 4) is 0 Å². The van der Waals surface area contributed by atoms with Gasteiger partial charge in [-0.25, -0.2) is 9.97 Å². The molecule has 0 saturated carbocycles. The van der Waals surface area contributed by atoms with Crippen LogP contribution < -0.4 is 0 Å². The number of hydrogen-bond acceptors (Lipinski definition) is 4. The molecule has 0 radical (unpaired) electrons. The molecule has 0 aliphatic carbocycles. The number of carbonyl (C=O) groups is 1. The molecule has 0 fully saturated rings. The van der Waals surface area contributed by atoms with E-state index in [1.54, 1.807) is 0 Å². The molecule has 0 spiro atoms. The van der Waals surface area contributed by atoms with Crippen LogP contribution in [0.5, 0.6) is 0 Å². The lowest BCUT2D eigenvalue weighted by Gasteiger charge is -2.09. The van der Waals surface area contributed by atoms with Crippen LogP contribution in [-0.4, -0.2) is 34.3 Å². The van der Waals surface area contributed by atoms with E-state index in [9.17, 15) is 4.79 Å². The fourth-order valence-corrected chi connectivity index (χ4v) is 2.03. The third-order valence-electron chi connectivity index (χ3n) is 2.89. The molecule has 5 nitrogen and oxygen atoms in total. The molecule has 0 bridgehead atoms. The molecule has 1 aromatic rings. The Labute approximate surface area is 99.9 Å². The van der Waals surface area contributed by atoms with Gasteiger partial charge in [0.15, 0.2) is 0 Å². The molecular formula is C12H16N2O3. The van der Waals surface area contributed by atoms with Gasteiger partial charge in [0.05, 0.1) is 19.6 Å². The summed E-state index contributed by atoms with van der Waals surface area (Å²) in [5, 5.41) is 8.65. The van der Waals surface area contributed by atoms with Crippen LogP contribution >= 0.6 is 0 Å². The summed E-state index contributed by atoms with van der Waals surface area (Å²) in [4.78, 5) is 19.3. The molecule has 0 unspecified atom stereocenters. The van der Waals surface area contributed by atoms with Crippen molar-refractivity contribution in [1.29, 1.82) is 0 Å². The van der Waals surface area contributed by atoms with Crippen LogP contribution in [0.4, 0.5) is 0 Å². The largest absolute Gasteiger partial charge is 0.481 e. The van der Waals surface area contributed by atoms with Crippen molar-refractivity contribution in [2.45, 2.75) is 32.6 Å². The van der Waals surface area contributed by atoms with Crippen molar-refractivity contribution >= 4 is 5.97 Å². The Morgan fingerprint density at radius 1 is 1.35 bits per heavy atom. The zero-order valence-corrected chi connectivity index (χ0v) is 9.90. The maximum Gasteiger partial charge on any atom is 0.303 e. The number of carboxylic acid groups (broad SMARTS) is 1. The van der Waals surface area contributed by atoms with Gasteiger partial charge in [-0.05, 0) is 18.9 Å². The van der Waals surface area contributed by atoms with E-state index in [0.29, 0.717) is 25.5 Å². The number of hydrogen-bond donors (Lipinski definition) is 1. The van der Waals surface area contributed by atoms with E-state index in [0.717, 1.165) is 24.2 Å². The molecule has 17 heavy (non-hydrogen) atoms. The summed E-state index contributed by atoms with van der Waals surface area (Å²) in [7, 11) is 0. The van der Waals surface area contributed by atoms with Gasteiger partial charge in [0.25, 0.3) is 0 Å². The topological polar surface area (TPSA) is 72.3 Å². The Kier molecular flexibility index (Phi) is 3.68. The molecule has 92 valence electrons. The molecule has 1 aliphatic heterocycles. The second-order valence-corrected chi connectivity index (χ2v) is 4.16. The van der Waals surface area contributed by atoms with Crippen LogP contribution in [0.25, 0.3) is 0 Å². The van der Waals surface area contributed by atoms with E-state index >= 15 is 0 Å². The highest BCUT2D eigenvalue weighted by atomic mass is 16.5. The van der Waals surface area contributed by atoms with E-state index in [2.05, 4.69) is 9.97 Å². The first-order valence-corrected chi connectivity index (χ1v) is 5.81. The summed E-state index contributed by atoms with van der Waals surface area (Å²) < 4.78 is 5.41. The highest BCUT2D eigenvalue weighted by Gasteiger charge is 2.14. The van der Waals surface area contributed by atoms with Gasteiger partial charge in [0.1, 0.15) is 5.82 Å². The first kappa shape index (κ1) is 12.0. The number of rotatable bonds is 3. The molecule has 0 atom stereocenters. The number of aromatic nitrogens is 2. The first-order chi connectivity index (χ1) is 8.16. The lowest BCUT2D eigenvalue weighted by molar-refractivity contribution is -0.137. The molecule has 5 heteroatoms. The van der Waals surface area contributed by atoms with Crippen LogP contribution in [0.3, 0.4) is 0 Å². The van der Waals surface area contributed by atoms with Crippen molar-refractivity contribution in [1.82, 2.24) is 9.97 Å². The minimum Gasteiger partial charge on any atom is -0.481 e. The van der Waals surface area contributed by atoms with Gasteiger partial charge in [-0.1, -0.05) is 0 Å². The summed E-state index contributed by atoms with van der Waals surface area (Å²) in [6.07, 6.45) is 2.11. The maximum absolute atomic E-state index is 10.5. The molecule has 1 aromatic heterocycles. The Morgan fingerprint density at radius 3 is 2.88 bits per heavy atom. The van der Waals surface area contributed by atoms with Crippen molar-refractivity contribution < 1.29 is 14.6 Å². The van der Waals surface area contributed by atoms with Gasteiger partial charge in [0.2, 0.25) is 0 Å². The average Bonchev–Trinajstić information content (AvgIpc) is 2.51. The van der Waals surface area contributed by atoms with Gasteiger partial charge < -0.3 is 9.84 Å². The second kappa shape index (κ2) is 5.23. The standard InChI is InChI=1S/C12H16N2O3/c1-8-9-4-6-17-7-5-10(9)14-11(13-8)2-3-12(15)16/h2-7H2,1H3,(H,15,16). The zero-order chi connectivity index (χ0) is 12.3. The number of nitrogens with zero attached hydrogens (tertiary/aromatic N) is 2. The molecule has 0 amide bonds. The van der Waals surface area contributed by atoms with Gasteiger partial charge >= 0.3 is 5.97 Å². The van der Waals surface area contributed by atoms with Crippen molar-refractivity contribution in [3.63, 3.8) is 0 Å². The Morgan fingerprint density at radius 2 is 2.12 bits per heavy atom. The lowest BCUT2D eigenvalue weighted by atomic mass is 10.1. The minimum atomic E-state index is -0.815. The van der Waals surface area contributed by atoms with Crippen LogP contribution in [0, 0.1) is 6.92 Å². The number of aryl methyl sites for hydroxylation is 2. The predicted molar refractivity (Wildman–Crippen MR) is 61.0 cm³/mol. The molecule has 2 heterocycles. The SMILES string of the molecule is Cc1nc(CCC(=O)O)nc2c1CCOCC2. The predicted octanol–water partition coefficient (Wildman–Crippen LogP) is 0.917.